The van der Waals surface area contributed by atoms with E-state index in [1.807, 2.05) is 6.20 Å². The van der Waals surface area contributed by atoms with Crippen molar-refractivity contribution in [2.75, 3.05) is 61.6 Å². The first-order chi connectivity index (χ1) is 14.3. The van der Waals surface area contributed by atoms with Gasteiger partial charge in [-0.1, -0.05) is 0 Å². The standard InChI is InChI=1S/C20H25N7O2/c21-19-22-10-15(16(23-19)12-1-2-12)17-14-9-13-11-29-8-5-27(13)18(14)25-20(24-17)26-3-6-28-7-4-26/h10,12-13H,1-9,11H2,(H2,21,22,23). The molecule has 0 bridgehead atoms. The smallest absolute Gasteiger partial charge is 0.228 e. The van der Waals surface area contributed by atoms with Crippen molar-refractivity contribution in [3.8, 4) is 11.3 Å². The van der Waals surface area contributed by atoms with E-state index in [9.17, 15) is 0 Å². The summed E-state index contributed by atoms with van der Waals surface area (Å²) >= 11 is 0. The van der Waals surface area contributed by atoms with E-state index in [2.05, 4.69) is 19.8 Å². The number of hydrogen-bond donors (Lipinski definition) is 1. The second-order valence-electron chi connectivity index (χ2n) is 8.20. The summed E-state index contributed by atoms with van der Waals surface area (Å²) in [5, 5.41) is 0. The lowest BCUT2D eigenvalue weighted by atomic mass is 10.0. The molecule has 1 atom stereocenters. The Bertz CT molecular complexity index is 943. The Morgan fingerprint density at radius 2 is 1.83 bits per heavy atom. The Morgan fingerprint density at radius 1 is 1.00 bits per heavy atom. The van der Waals surface area contributed by atoms with Crippen molar-refractivity contribution >= 4 is 17.7 Å². The molecule has 5 heterocycles. The van der Waals surface area contributed by atoms with Gasteiger partial charge in [0.25, 0.3) is 0 Å². The van der Waals surface area contributed by atoms with Gasteiger partial charge in [-0.2, -0.15) is 4.98 Å². The fourth-order valence-electron chi connectivity index (χ4n) is 4.61. The highest BCUT2D eigenvalue weighted by Crippen LogP contribution is 2.46. The van der Waals surface area contributed by atoms with Crippen LogP contribution < -0.4 is 15.5 Å². The maximum absolute atomic E-state index is 5.92. The first-order valence-electron chi connectivity index (χ1n) is 10.5. The van der Waals surface area contributed by atoms with Gasteiger partial charge in [0.2, 0.25) is 11.9 Å². The summed E-state index contributed by atoms with van der Waals surface area (Å²) < 4.78 is 11.3. The molecule has 0 aromatic carbocycles. The SMILES string of the molecule is Nc1ncc(-c2nc(N3CCOCC3)nc3c2CC2COCCN32)c(C2CC2)n1. The van der Waals surface area contributed by atoms with Gasteiger partial charge in [0.05, 0.1) is 43.9 Å². The number of nitrogens with zero attached hydrogens (tertiary/aromatic N) is 6. The zero-order chi connectivity index (χ0) is 19.4. The van der Waals surface area contributed by atoms with Crippen LogP contribution in [0.3, 0.4) is 0 Å². The molecule has 2 N–H and O–H groups in total. The monoisotopic (exact) mass is 395 g/mol. The van der Waals surface area contributed by atoms with Crippen molar-refractivity contribution in [2.24, 2.45) is 0 Å². The summed E-state index contributed by atoms with van der Waals surface area (Å²) in [6.07, 6.45) is 5.04. The number of morpholine rings is 2. The molecule has 152 valence electrons. The van der Waals surface area contributed by atoms with Crippen LogP contribution in [0.1, 0.15) is 30.0 Å². The maximum Gasteiger partial charge on any atom is 0.228 e. The molecule has 4 aliphatic rings. The minimum absolute atomic E-state index is 0.325. The van der Waals surface area contributed by atoms with Gasteiger partial charge in [-0.15, -0.1) is 0 Å². The molecule has 9 nitrogen and oxygen atoms in total. The molecule has 9 heteroatoms. The number of rotatable bonds is 3. The minimum Gasteiger partial charge on any atom is -0.378 e. The maximum atomic E-state index is 5.92. The number of anilines is 3. The summed E-state index contributed by atoms with van der Waals surface area (Å²) in [6, 6.07) is 0.325. The molecule has 1 unspecified atom stereocenters. The minimum atomic E-state index is 0.325. The Morgan fingerprint density at radius 3 is 2.66 bits per heavy atom. The van der Waals surface area contributed by atoms with Crippen LogP contribution in [0, 0.1) is 0 Å². The predicted octanol–water partition coefficient (Wildman–Crippen LogP) is 0.991. The number of hydrogen-bond acceptors (Lipinski definition) is 9. The van der Waals surface area contributed by atoms with Crippen molar-refractivity contribution in [1.29, 1.82) is 0 Å². The van der Waals surface area contributed by atoms with E-state index in [-0.39, 0.29) is 0 Å². The van der Waals surface area contributed by atoms with Crippen LogP contribution in [0.15, 0.2) is 6.20 Å². The van der Waals surface area contributed by atoms with E-state index in [4.69, 9.17) is 25.2 Å². The second kappa shape index (κ2) is 6.77. The first-order valence-corrected chi connectivity index (χ1v) is 10.5. The lowest BCUT2D eigenvalue weighted by Gasteiger charge is -2.32. The summed E-state index contributed by atoms with van der Waals surface area (Å²) in [5.74, 6) is 2.61. The average Bonchev–Trinajstić information content (AvgIpc) is 3.54. The van der Waals surface area contributed by atoms with Crippen molar-refractivity contribution < 1.29 is 9.47 Å². The first kappa shape index (κ1) is 17.3. The molecule has 1 saturated carbocycles. The summed E-state index contributed by atoms with van der Waals surface area (Å²) in [5.41, 5.74) is 10.1. The third-order valence-electron chi connectivity index (χ3n) is 6.26. The second-order valence-corrected chi connectivity index (χ2v) is 8.20. The molecule has 6 rings (SSSR count). The van der Waals surface area contributed by atoms with Crippen molar-refractivity contribution in [2.45, 2.75) is 31.2 Å². The van der Waals surface area contributed by atoms with E-state index in [0.29, 0.717) is 31.1 Å². The highest BCUT2D eigenvalue weighted by molar-refractivity contribution is 5.75. The van der Waals surface area contributed by atoms with Crippen LogP contribution in [0.25, 0.3) is 11.3 Å². The summed E-state index contributed by atoms with van der Waals surface area (Å²) in [7, 11) is 0. The molecule has 3 aliphatic heterocycles. The summed E-state index contributed by atoms with van der Waals surface area (Å²) in [4.78, 5) is 23.6. The van der Waals surface area contributed by atoms with E-state index in [0.717, 1.165) is 80.8 Å². The Kier molecular flexibility index (Phi) is 4.05. The Labute approximate surface area is 169 Å². The number of ether oxygens (including phenoxy) is 2. The van der Waals surface area contributed by atoms with Crippen LogP contribution in [0.5, 0.6) is 0 Å². The topological polar surface area (TPSA) is 103 Å². The van der Waals surface area contributed by atoms with Gasteiger partial charge in [0, 0.05) is 49.3 Å². The third-order valence-corrected chi connectivity index (χ3v) is 6.26. The molecule has 29 heavy (non-hydrogen) atoms. The molecule has 2 saturated heterocycles. The predicted molar refractivity (Wildman–Crippen MR) is 108 cm³/mol. The molecule has 1 aliphatic carbocycles. The number of nitrogen functional groups attached to an aromatic ring is 1. The largest absolute Gasteiger partial charge is 0.378 e. The van der Waals surface area contributed by atoms with Crippen LogP contribution >= 0.6 is 0 Å². The van der Waals surface area contributed by atoms with Crippen molar-refractivity contribution in [3.63, 3.8) is 0 Å². The molecule has 2 aromatic rings. The van der Waals surface area contributed by atoms with Crippen LogP contribution in [-0.2, 0) is 15.9 Å². The Balaban J connectivity index is 1.51. The van der Waals surface area contributed by atoms with Gasteiger partial charge in [0.1, 0.15) is 5.82 Å². The average molecular weight is 395 g/mol. The number of fused-ring (bicyclic) bond motifs is 3. The van der Waals surface area contributed by atoms with E-state index in [1.165, 1.54) is 5.56 Å². The van der Waals surface area contributed by atoms with Gasteiger partial charge in [0.15, 0.2) is 0 Å². The van der Waals surface area contributed by atoms with Gasteiger partial charge in [-0.25, -0.2) is 15.0 Å². The molecule has 0 spiro atoms. The molecule has 0 amide bonds. The van der Waals surface area contributed by atoms with Crippen LogP contribution in [0.2, 0.25) is 0 Å². The van der Waals surface area contributed by atoms with E-state index >= 15 is 0 Å². The highest BCUT2D eigenvalue weighted by Gasteiger charge is 2.38. The number of aromatic nitrogens is 4. The zero-order valence-corrected chi connectivity index (χ0v) is 16.4. The van der Waals surface area contributed by atoms with Gasteiger partial charge >= 0.3 is 0 Å². The van der Waals surface area contributed by atoms with Crippen molar-refractivity contribution in [3.05, 3.63) is 17.5 Å². The Hall–Kier alpha value is -2.52. The van der Waals surface area contributed by atoms with E-state index in [1.54, 1.807) is 0 Å². The molecule has 0 radical (unpaired) electrons. The van der Waals surface area contributed by atoms with Gasteiger partial charge < -0.3 is 25.0 Å². The highest BCUT2D eigenvalue weighted by atomic mass is 16.5. The fraction of sp³-hybridized carbons (Fsp3) is 0.600. The van der Waals surface area contributed by atoms with E-state index < -0.39 is 0 Å². The van der Waals surface area contributed by atoms with Crippen molar-refractivity contribution in [1.82, 2.24) is 19.9 Å². The van der Waals surface area contributed by atoms with Gasteiger partial charge in [-0.05, 0) is 12.8 Å². The van der Waals surface area contributed by atoms with Gasteiger partial charge in [-0.3, -0.25) is 0 Å². The normalized spacial score (nSPS) is 23.8. The molecular weight excluding hydrogens is 370 g/mol. The van der Waals surface area contributed by atoms with Crippen LogP contribution in [0.4, 0.5) is 17.7 Å². The molecule has 3 fully saturated rings. The molecule has 2 aromatic heterocycles. The fourth-order valence-corrected chi connectivity index (χ4v) is 4.61. The number of nitrogens with two attached hydrogens (primary N) is 1. The van der Waals surface area contributed by atoms with Crippen LogP contribution in [-0.4, -0.2) is 72.0 Å². The third kappa shape index (κ3) is 3.00. The quantitative estimate of drug-likeness (QED) is 0.815. The lowest BCUT2D eigenvalue weighted by Crippen LogP contribution is -2.43. The lowest BCUT2D eigenvalue weighted by molar-refractivity contribution is 0.0974. The summed E-state index contributed by atoms with van der Waals surface area (Å²) in [6.45, 7) is 5.35. The zero-order valence-electron chi connectivity index (χ0n) is 16.4. The molecular formula is C20H25N7O2.